The number of benzene rings is 2. The third-order valence-electron chi connectivity index (χ3n) is 5.80. The van der Waals surface area contributed by atoms with Gasteiger partial charge in [-0.2, -0.15) is 4.31 Å². The predicted molar refractivity (Wildman–Crippen MR) is 128 cm³/mol. The molecule has 7 nitrogen and oxygen atoms in total. The highest BCUT2D eigenvalue weighted by atomic mass is 32.2. The summed E-state index contributed by atoms with van der Waals surface area (Å²) in [5.74, 6) is 0.862. The van der Waals surface area contributed by atoms with Gasteiger partial charge in [0.05, 0.1) is 24.2 Å². The summed E-state index contributed by atoms with van der Waals surface area (Å²) < 4.78 is 38.8. The maximum absolute atomic E-state index is 13.2. The summed E-state index contributed by atoms with van der Waals surface area (Å²) in [5, 5.41) is 2.90. The molecule has 0 atom stereocenters. The Labute approximate surface area is 197 Å². The second kappa shape index (κ2) is 12.0. The van der Waals surface area contributed by atoms with E-state index in [0.717, 1.165) is 49.8 Å². The van der Waals surface area contributed by atoms with E-state index in [0.29, 0.717) is 32.0 Å². The van der Waals surface area contributed by atoms with Crippen molar-refractivity contribution in [3.05, 3.63) is 53.6 Å². The number of para-hydroxylation sites is 1. The predicted octanol–water partition coefficient (Wildman–Crippen LogP) is 4.02. The van der Waals surface area contributed by atoms with Gasteiger partial charge in [0.1, 0.15) is 11.5 Å². The minimum Gasteiger partial charge on any atom is -0.496 e. The highest BCUT2D eigenvalue weighted by Crippen LogP contribution is 2.26. The van der Waals surface area contributed by atoms with Crippen LogP contribution < -0.4 is 14.8 Å². The van der Waals surface area contributed by atoms with Gasteiger partial charge in [0.2, 0.25) is 10.0 Å². The number of methoxy groups -OCH3 is 1. The normalized spacial score (nSPS) is 15.0. The van der Waals surface area contributed by atoms with Crippen LogP contribution in [0.4, 0.5) is 0 Å². The fourth-order valence-corrected chi connectivity index (χ4v) is 5.58. The number of hydrogen-bond donors (Lipinski definition) is 1. The van der Waals surface area contributed by atoms with E-state index in [-0.39, 0.29) is 16.4 Å². The van der Waals surface area contributed by atoms with Crippen molar-refractivity contribution in [2.75, 3.05) is 33.4 Å². The third-order valence-corrected chi connectivity index (χ3v) is 7.69. The molecule has 0 unspecified atom stereocenters. The molecule has 180 valence electrons. The topological polar surface area (TPSA) is 84.9 Å². The van der Waals surface area contributed by atoms with Crippen LogP contribution in [-0.2, 0) is 16.4 Å². The number of carbonyl (C=O) groups is 1. The van der Waals surface area contributed by atoms with Crippen molar-refractivity contribution in [1.29, 1.82) is 0 Å². The Morgan fingerprint density at radius 2 is 1.76 bits per heavy atom. The van der Waals surface area contributed by atoms with Crippen molar-refractivity contribution in [1.82, 2.24) is 9.62 Å². The number of nitrogens with zero attached hydrogens (tertiary/aromatic N) is 1. The van der Waals surface area contributed by atoms with Crippen LogP contribution in [-0.4, -0.2) is 52.0 Å². The van der Waals surface area contributed by atoms with Crippen molar-refractivity contribution >= 4 is 15.9 Å². The summed E-state index contributed by atoms with van der Waals surface area (Å²) in [7, 11) is -2.18. The first-order valence-electron chi connectivity index (χ1n) is 11.6. The van der Waals surface area contributed by atoms with Crippen molar-refractivity contribution in [2.24, 2.45) is 0 Å². The van der Waals surface area contributed by atoms with Gasteiger partial charge < -0.3 is 14.8 Å². The van der Waals surface area contributed by atoms with Gasteiger partial charge in [-0.05, 0) is 62.4 Å². The minimum atomic E-state index is -3.65. The molecule has 8 heteroatoms. The number of sulfonamides is 1. The number of aryl methyl sites for hydroxylation is 1. The molecule has 1 heterocycles. The Morgan fingerprint density at radius 3 is 2.45 bits per heavy atom. The van der Waals surface area contributed by atoms with E-state index in [2.05, 4.69) is 5.32 Å². The van der Waals surface area contributed by atoms with E-state index in [1.54, 1.807) is 6.07 Å². The molecule has 0 bridgehead atoms. The Kier molecular flexibility index (Phi) is 9.14. The van der Waals surface area contributed by atoms with Crippen molar-refractivity contribution in [3.8, 4) is 11.5 Å². The minimum absolute atomic E-state index is 0.126. The van der Waals surface area contributed by atoms with Crippen LogP contribution >= 0.6 is 0 Å². The highest BCUT2D eigenvalue weighted by Gasteiger charge is 2.27. The van der Waals surface area contributed by atoms with E-state index >= 15 is 0 Å². The monoisotopic (exact) mass is 474 g/mol. The number of rotatable bonds is 10. The molecule has 0 saturated carbocycles. The summed E-state index contributed by atoms with van der Waals surface area (Å²) in [6, 6.07) is 12.4. The van der Waals surface area contributed by atoms with E-state index in [1.165, 1.54) is 23.5 Å². The van der Waals surface area contributed by atoms with Crippen LogP contribution in [0.1, 0.15) is 54.9 Å². The van der Waals surface area contributed by atoms with Gasteiger partial charge >= 0.3 is 0 Å². The number of amides is 1. The van der Waals surface area contributed by atoms with Crippen LogP contribution in [0.5, 0.6) is 11.5 Å². The molecule has 2 aromatic rings. The fraction of sp³-hybridized carbons (Fsp3) is 0.480. The lowest BCUT2D eigenvalue weighted by Crippen LogP contribution is -2.32. The molecule has 33 heavy (non-hydrogen) atoms. The van der Waals surface area contributed by atoms with Gasteiger partial charge in [-0.25, -0.2) is 8.42 Å². The van der Waals surface area contributed by atoms with Crippen LogP contribution in [0.25, 0.3) is 0 Å². The lowest BCUT2D eigenvalue weighted by atomic mass is 10.1. The number of carbonyl (C=O) groups excluding carboxylic acids is 1. The summed E-state index contributed by atoms with van der Waals surface area (Å²) in [6.45, 7) is 4.03. The van der Waals surface area contributed by atoms with E-state index in [1.807, 2.05) is 31.2 Å². The molecular formula is C25H34N2O5S. The lowest BCUT2D eigenvalue weighted by Gasteiger charge is -2.20. The Bertz CT molecular complexity index is 1030. The van der Waals surface area contributed by atoms with Crippen LogP contribution in [0, 0.1) is 0 Å². The quantitative estimate of drug-likeness (QED) is 0.526. The molecule has 1 aliphatic rings. The van der Waals surface area contributed by atoms with Crippen LogP contribution in [0.15, 0.2) is 47.4 Å². The highest BCUT2D eigenvalue weighted by molar-refractivity contribution is 7.89. The molecule has 0 aliphatic carbocycles. The second-order valence-corrected chi connectivity index (χ2v) is 10.0. The van der Waals surface area contributed by atoms with Gasteiger partial charge in [-0.3, -0.25) is 4.79 Å². The molecule has 0 aromatic heterocycles. The van der Waals surface area contributed by atoms with Crippen molar-refractivity contribution in [3.63, 3.8) is 0 Å². The molecule has 0 radical (unpaired) electrons. The average molecular weight is 475 g/mol. The zero-order valence-corrected chi connectivity index (χ0v) is 20.3. The summed E-state index contributed by atoms with van der Waals surface area (Å²) in [6.07, 6.45) is 5.28. The van der Waals surface area contributed by atoms with Crippen molar-refractivity contribution < 1.29 is 22.7 Å². The summed E-state index contributed by atoms with van der Waals surface area (Å²) in [5.41, 5.74) is 1.32. The number of ether oxygens (including phenoxy) is 2. The van der Waals surface area contributed by atoms with Crippen LogP contribution in [0.2, 0.25) is 0 Å². The zero-order valence-electron chi connectivity index (χ0n) is 19.5. The molecule has 3 rings (SSSR count). The standard InChI is InChI=1S/C25H34N2O5S/c1-3-32-23-13-7-6-11-20(23)12-10-16-26-25(28)22-19-21(14-15-24(22)31-2)33(29,30)27-17-8-4-5-9-18-27/h6-7,11,13-15,19H,3-5,8-10,12,16-18H2,1-2H3,(H,26,28). The maximum atomic E-state index is 13.2. The largest absolute Gasteiger partial charge is 0.496 e. The fourth-order valence-electron chi connectivity index (χ4n) is 4.04. The zero-order chi connectivity index (χ0) is 23.7. The third kappa shape index (κ3) is 6.48. The molecule has 1 aliphatic heterocycles. The Balaban J connectivity index is 1.67. The Hall–Kier alpha value is -2.58. The molecule has 1 N–H and O–H groups in total. The number of nitrogens with one attached hydrogen (secondary N) is 1. The van der Waals surface area contributed by atoms with Gasteiger partial charge in [0, 0.05) is 19.6 Å². The molecular weight excluding hydrogens is 440 g/mol. The van der Waals surface area contributed by atoms with Crippen LogP contribution in [0.3, 0.4) is 0 Å². The van der Waals surface area contributed by atoms with E-state index in [9.17, 15) is 13.2 Å². The molecule has 1 fully saturated rings. The first kappa shape index (κ1) is 25.1. The molecule has 0 spiro atoms. The maximum Gasteiger partial charge on any atom is 0.255 e. The smallest absolute Gasteiger partial charge is 0.255 e. The first-order valence-corrected chi connectivity index (χ1v) is 13.1. The van der Waals surface area contributed by atoms with Gasteiger partial charge in [0.25, 0.3) is 5.91 Å². The van der Waals surface area contributed by atoms with Gasteiger partial charge in [-0.1, -0.05) is 31.0 Å². The second-order valence-electron chi connectivity index (χ2n) is 8.08. The Morgan fingerprint density at radius 1 is 1.03 bits per heavy atom. The van der Waals surface area contributed by atoms with Gasteiger partial charge in [0.15, 0.2) is 0 Å². The number of hydrogen-bond acceptors (Lipinski definition) is 5. The lowest BCUT2D eigenvalue weighted by molar-refractivity contribution is 0.0950. The SMILES string of the molecule is CCOc1ccccc1CCCNC(=O)c1cc(S(=O)(=O)N2CCCCCC2)ccc1OC. The molecule has 1 saturated heterocycles. The molecule has 1 amide bonds. The average Bonchev–Trinajstić information content (AvgIpc) is 3.13. The van der Waals surface area contributed by atoms with E-state index in [4.69, 9.17) is 9.47 Å². The van der Waals surface area contributed by atoms with E-state index < -0.39 is 10.0 Å². The summed E-state index contributed by atoms with van der Waals surface area (Å²) in [4.78, 5) is 13.0. The van der Waals surface area contributed by atoms with Gasteiger partial charge in [-0.15, -0.1) is 0 Å². The first-order chi connectivity index (χ1) is 16.0. The van der Waals surface area contributed by atoms with Crippen molar-refractivity contribution in [2.45, 2.75) is 50.3 Å². The molecule has 2 aromatic carbocycles. The summed E-state index contributed by atoms with van der Waals surface area (Å²) >= 11 is 0.